The van der Waals surface area contributed by atoms with E-state index in [1.54, 1.807) is 4.68 Å². The van der Waals surface area contributed by atoms with Crippen molar-refractivity contribution in [1.82, 2.24) is 15.0 Å². The number of ether oxygens (including phenoxy) is 1. The van der Waals surface area contributed by atoms with Gasteiger partial charge in [-0.05, 0) is 31.4 Å². The Morgan fingerprint density at radius 2 is 2.20 bits per heavy atom. The maximum Gasteiger partial charge on any atom is 0.134 e. The second-order valence-corrected chi connectivity index (χ2v) is 5.16. The van der Waals surface area contributed by atoms with E-state index in [0.717, 1.165) is 29.8 Å². The first-order chi connectivity index (χ1) is 9.58. The number of benzene rings is 1. The Morgan fingerprint density at radius 1 is 1.40 bits per heavy atom. The Morgan fingerprint density at radius 3 is 2.85 bits per heavy atom. The molecule has 0 bridgehead atoms. The first-order valence-corrected chi connectivity index (χ1v) is 6.91. The summed E-state index contributed by atoms with van der Waals surface area (Å²) in [7, 11) is 1.84. The predicted molar refractivity (Wildman–Crippen MR) is 78.5 cm³/mol. The molecule has 5 nitrogen and oxygen atoms in total. The maximum absolute atomic E-state index is 6.05. The topological polar surface area (TPSA) is 66.0 Å². The minimum atomic E-state index is 0.163. The molecule has 5 heteroatoms. The van der Waals surface area contributed by atoms with Gasteiger partial charge < -0.3 is 10.5 Å². The third kappa shape index (κ3) is 3.81. The molecule has 0 saturated heterocycles. The molecule has 1 aromatic heterocycles. The average molecular weight is 274 g/mol. The highest BCUT2D eigenvalue weighted by molar-refractivity contribution is 5.37. The number of rotatable bonds is 6. The van der Waals surface area contributed by atoms with Crippen LogP contribution in [0.2, 0.25) is 0 Å². The van der Waals surface area contributed by atoms with Crippen LogP contribution in [0.4, 0.5) is 0 Å². The SMILES string of the molecule is CCC(N)Cc1cc(C)ccc1OCc1cn(C)nn1. The van der Waals surface area contributed by atoms with Gasteiger partial charge in [0.2, 0.25) is 0 Å². The summed E-state index contributed by atoms with van der Waals surface area (Å²) in [5.41, 5.74) is 9.25. The minimum absolute atomic E-state index is 0.163. The van der Waals surface area contributed by atoms with Crippen molar-refractivity contribution in [2.24, 2.45) is 12.8 Å². The molecule has 0 saturated carbocycles. The number of aryl methyl sites for hydroxylation is 2. The zero-order valence-corrected chi connectivity index (χ0v) is 12.3. The molecule has 1 atom stereocenters. The van der Waals surface area contributed by atoms with E-state index in [1.165, 1.54) is 5.56 Å². The van der Waals surface area contributed by atoms with Crippen LogP contribution in [0.1, 0.15) is 30.2 Å². The zero-order valence-electron chi connectivity index (χ0n) is 12.3. The molecule has 1 unspecified atom stereocenters. The van der Waals surface area contributed by atoms with Crippen LogP contribution in [0.25, 0.3) is 0 Å². The van der Waals surface area contributed by atoms with Crippen molar-refractivity contribution < 1.29 is 4.74 Å². The number of nitrogens with two attached hydrogens (primary N) is 1. The smallest absolute Gasteiger partial charge is 0.134 e. The van der Waals surface area contributed by atoms with Crippen LogP contribution in [-0.2, 0) is 20.1 Å². The monoisotopic (exact) mass is 274 g/mol. The van der Waals surface area contributed by atoms with Crippen molar-refractivity contribution in [3.8, 4) is 5.75 Å². The van der Waals surface area contributed by atoms with Crippen molar-refractivity contribution in [1.29, 1.82) is 0 Å². The minimum Gasteiger partial charge on any atom is -0.487 e. The molecule has 0 aliphatic heterocycles. The molecule has 1 aromatic carbocycles. The first kappa shape index (κ1) is 14.5. The normalized spacial score (nSPS) is 12.4. The fourth-order valence-electron chi connectivity index (χ4n) is 2.05. The van der Waals surface area contributed by atoms with E-state index in [1.807, 2.05) is 25.4 Å². The Labute approximate surface area is 119 Å². The van der Waals surface area contributed by atoms with Gasteiger partial charge in [0.05, 0.1) is 6.20 Å². The highest BCUT2D eigenvalue weighted by Gasteiger charge is 2.09. The Kier molecular flexibility index (Phi) is 4.74. The summed E-state index contributed by atoms with van der Waals surface area (Å²) in [6.45, 7) is 4.60. The molecule has 2 N–H and O–H groups in total. The van der Waals surface area contributed by atoms with Gasteiger partial charge >= 0.3 is 0 Å². The Bertz CT molecular complexity index is 565. The van der Waals surface area contributed by atoms with Crippen LogP contribution < -0.4 is 10.5 Å². The lowest BCUT2D eigenvalue weighted by molar-refractivity contribution is 0.297. The molecule has 108 valence electrons. The van der Waals surface area contributed by atoms with Crippen molar-refractivity contribution in [2.45, 2.75) is 39.3 Å². The lowest BCUT2D eigenvalue weighted by Crippen LogP contribution is -2.21. The third-order valence-corrected chi connectivity index (χ3v) is 3.25. The van der Waals surface area contributed by atoms with E-state index in [9.17, 15) is 0 Å². The largest absolute Gasteiger partial charge is 0.487 e. The van der Waals surface area contributed by atoms with Crippen LogP contribution in [0.15, 0.2) is 24.4 Å². The predicted octanol–water partition coefficient (Wildman–Crippen LogP) is 1.98. The van der Waals surface area contributed by atoms with Crippen LogP contribution in [0.3, 0.4) is 0 Å². The average Bonchev–Trinajstić information content (AvgIpc) is 2.83. The Balaban J connectivity index is 2.09. The van der Waals surface area contributed by atoms with Gasteiger partial charge in [-0.15, -0.1) is 5.10 Å². The molecule has 0 amide bonds. The van der Waals surface area contributed by atoms with Crippen LogP contribution in [-0.4, -0.2) is 21.0 Å². The summed E-state index contributed by atoms with van der Waals surface area (Å²) in [6.07, 6.45) is 3.64. The maximum atomic E-state index is 6.05. The second kappa shape index (κ2) is 6.52. The van der Waals surface area contributed by atoms with Crippen molar-refractivity contribution in [3.05, 3.63) is 41.2 Å². The second-order valence-electron chi connectivity index (χ2n) is 5.16. The standard InChI is InChI=1S/C15H22N4O/c1-4-13(16)8-12-7-11(2)5-6-15(12)20-10-14-9-19(3)18-17-14/h5-7,9,13H,4,8,10,16H2,1-3H3. The van der Waals surface area contributed by atoms with Gasteiger partial charge in [0.1, 0.15) is 18.1 Å². The highest BCUT2D eigenvalue weighted by Crippen LogP contribution is 2.22. The summed E-state index contributed by atoms with van der Waals surface area (Å²) in [4.78, 5) is 0. The molecular weight excluding hydrogens is 252 g/mol. The summed E-state index contributed by atoms with van der Waals surface area (Å²) < 4.78 is 7.53. The van der Waals surface area contributed by atoms with Crippen molar-refractivity contribution >= 4 is 0 Å². The van der Waals surface area contributed by atoms with Crippen molar-refractivity contribution in [3.63, 3.8) is 0 Å². The zero-order chi connectivity index (χ0) is 14.5. The Hall–Kier alpha value is -1.88. The summed E-state index contributed by atoms with van der Waals surface area (Å²) in [6, 6.07) is 6.36. The van der Waals surface area contributed by atoms with E-state index in [0.29, 0.717) is 6.61 Å². The first-order valence-electron chi connectivity index (χ1n) is 6.91. The van der Waals surface area contributed by atoms with Gasteiger partial charge in [-0.1, -0.05) is 29.8 Å². The fraction of sp³-hybridized carbons (Fsp3) is 0.467. The van der Waals surface area contributed by atoms with E-state index in [-0.39, 0.29) is 6.04 Å². The highest BCUT2D eigenvalue weighted by atomic mass is 16.5. The molecule has 2 rings (SSSR count). The number of nitrogens with zero attached hydrogens (tertiary/aromatic N) is 3. The van der Waals surface area contributed by atoms with Crippen LogP contribution >= 0.6 is 0 Å². The summed E-state index contributed by atoms with van der Waals surface area (Å²) in [5, 5.41) is 7.91. The molecule has 2 aromatic rings. The van der Waals surface area contributed by atoms with E-state index < -0.39 is 0 Å². The quantitative estimate of drug-likeness (QED) is 0.874. The molecule has 0 aliphatic rings. The molecule has 1 heterocycles. The summed E-state index contributed by atoms with van der Waals surface area (Å²) in [5.74, 6) is 0.880. The summed E-state index contributed by atoms with van der Waals surface area (Å²) >= 11 is 0. The molecule has 0 fully saturated rings. The van der Waals surface area contributed by atoms with Crippen LogP contribution in [0.5, 0.6) is 5.75 Å². The van der Waals surface area contributed by atoms with E-state index in [4.69, 9.17) is 10.5 Å². The molecule has 20 heavy (non-hydrogen) atoms. The van der Waals surface area contributed by atoms with Gasteiger partial charge in [0, 0.05) is 13.1 Å². The lowest BCUT2D eigenvalue weighted by Gasteiger charge is -2.14. The lowest BCUT2D eigenvalue weighted by atomic mass is 10.0. The van der Waals surface area contributed by atoms with Crippen molar-refractivity contribution in [2.75, 3.05) is 0 Å². The number of hydrogen-bond acceptors (Lipinski definition) is 4. The molecule has 0 aliphatic carbocycles. The fourth-order valence-corrected chi connectivity index (χ4v) is 2.05. The van der Waals surface area contributed by atoms with Gasteiger partial charge in [0.15, 0.2) is 0 Å². The van der Waals surface area contributed by atoms with E-state index in [2.05, 4.69) is 30.2 Å². The molecular formula is C15H22N4O. The number of hydrogen-bond donors (Lipinski definition) is 1. The van der Waals surface area contributed by atoms with Crippen LogP contribution in [0, 0.1) is 6.92 Å². The third-order valence-electron chi connectivity index (χ3n) is 3.25. The van der Waals surface area contributed by atoms with Gasteiger partial charge in [-0.25, -0.2) is 0 Å². The molecule has 0 spiro atoms. The van der Waals surface area contributed by atoms with Gasteiger partial charge in [-0.3, -0.25) is 4.68 Å². The van der Waals surface area contributed by atoms with Gasteiger partial charge in [0.25, 0.3) is 0 Å². The van der Waals surface area contributed by atoms with Gasteiger partial charge in [-0.2, -0.15) is 0 Å². The van der Waals surface area contributed by atoms with E-state index >= 15 is 0 Å². The molecule has 0 radical (unpaired) electrons. The number of aromatic nitrogens is 3.